The van der Waals surface area contributed by atoms with Crippen LogP contribution < -0.4 is 0 Å². The minimum Gasteiger partial charge on any atom is -0.293 e. The third-order valence-electron chi connectivity index (χ3n) is 1.22. The van der Waals surface area contributed by atoms with Crippen molar-refractivity contribution >= 4 is 12.0 Å². The highest BCUT2D eigenvalue weighted by molar-refractivity contribution is 5.94. The van der Waals surface area contributed by atoms with E-state index in [-0.39, 0.29) is 5.78 Å². The average Bonchev–Trinajstić information content (AvgIpc) is 1.90. The van der Waals surface area contributed by atoms with E-state index in [1.807, 2.05) is 6.08 Å². The average molecular weight is 123 g/mol. The van der Waals surface area contributed by atoms with Gasteiger partial charge in [-0.05, 0) is 12.8 Å². The van der Waals surface area contributed by atoms with Crippen molar-refractivity contribution in [3.63, 3.8) is 0 Å². The van der Waals surface area contributed by atoms with Gasteiger partial charge in [-0.2, -0.15) is 0 Å². The van der Waals surface area contributed by atoms with Gasteiger partial charge in [0.25, 0.3) is 0 Å². The molecular weight excluding hydrogens is 114 g/mol. The molecule has 0 fully saturated rings. The maximum Gasteiger partial charge on any atom is 0.177 e. The van der Waals surface area contributed by atoms with Crippen LogP contribution in [0.5, 0.6) is 0 Å². The zero-order valence-electron chi connectivity index (χ0n) is 5.42. The molecule has 0 radical (unpaired) electrons. The van der Waals surface area contributed by atoms with Crippen LogP contribution in [0.1, 0.15) is 19.8 Å². The van der Waals surface area contributed by atoms with Crippen molar-refractivity contribution in [2.45, 2.75) is 19.8 Å². The van der Waals surface area contributed by atoms with Crippen LogP contribution in [-0.4, -0.2) is 12.0 Å². The van der Waals surface area contributed by atoms with E-state index in [0.717, 1.165) is 12.8 Å². The molecule has 9 heavy (non-hydrogen) atoms. The maximum absolute atomic E-state index is 10.6. The molecule has 0 spiro atoms. The molecule has 0 aliphatic carbocycles. The van der Waals surface area contributed by atoms with Gasteiger partial charge in [0, 0.05) is 13.1 Å². The van der Waals surface area contributed by atoms with Gasteiger partial charge < -0.3 is 0 Å². The fraction of sp³-hybridized carbons (Fsp3) is 0.429. The topological polar surface area (TPSA) is 29.4 Å². The van der Waals surface area contributed by atoms with Crippen molar-refractivity contribution in [1.82, 2.24) is 0 Å². The predicted octanol–water partition coefficient (Wildman–Crippen LogP) is 1.32. The highest BCUT2D eigenvalue weighted by atomic mass is 16.1. The summed E-state index contributed by atoms with van der Waals surface area (Å²) in [6, 6.07) is 0. The molecule has 0 saturated heterocycles. The predicted molar refractivity (Wildman–Crippen MR) is 36.5 cm³/mol. The lowest BCUT2D eigenvalue weighted by Gasteiger charge is -1.99. The number of aliphatic imine (C=N–C) groups is 1. The number of allylic oxidation sites excluding steroid dienone is 2. The summed E-state index contributed by atoms with van der Waals surface area (Å²) < 4.78 is 0. The minimum absolute atomic E-state index is 0.0611. The van der Waals surface area contributed by atoms with Crippen molar-refractivity contribution in [3.8, 4) is 0 Å². The molecule has 0 bridgehead atoms. The highest BCUT2D eigenvalue weighted by Gasteiger charge is 2.01. The fourth-order valence-electron chi connectivity index (χ4n) is 0.745. The van der Waals surface area contributed by atoms with E-state index in [9.17, 15) is 4.79 Å². The van der Waals surface area contributed by atoms with Crippen LogP contribution in [0.3, 0.4) is 0 Å². The van der Waals surface area contributed by atoms with Gasteiger partial charge in [-0.3, -0.25) is 9.79 Å². The Labute approximate surface area is 54.3 Å². The zero-order valence-corrected chi connectivity index (χ0v) is 5.42. The molecular formula is C7H9NO. The largest absolute Gasteiger partial charge is 0.293 e. The standard InChI is InChI=1S/C7H9NO/c1-6(9)7-4-2-3-5-8-7/h4-5H,2-3H2,1H3. The fourth-order valence-corrected chi connectivity index (χ4v) is 0.745. The Kier molecular flexibility index (Phi) is 1.78. The first-order valence-corrected chi connectivity index (χ1v) is 3.04. The summed E-state index contributed by atoms with van der Waals surface area (Å²) in [6.07, 6.45) is 5.59. The Morgan fingerprint density at radius 3 is 2.78 bits per heavy atom. The molecule has 0 amide bonds. The summed E-state index contributed by atoms with van der Waals surface area (Å²) >= 11 is 0. The van der Waals surface area contributed by atoms with E-state index in [1.165, 1.54) is 6.92 Å². The lowest BCUT2D eigenvalue weighted by molar-refractivity contribution is -0.113. The second kappa shape index (κ2) is 2.58. The first kappa shape index (κ1) is 6.20. The molecule has 2 heteroatoms. The number of Topliss-reactive ketones (excluding diaryl/α,β-unsaturated/α-hetero) is 1. The third kappa shape index (κ3) is 1.49. The van der Waals surface area contributed by atoms with Crippen LogP contribution in [-0.2, 0) is 4.79 Å². The number of ketones is 1. The summed E-state index contributed by atoms with van der Waals surface area (Å²) in [6.45, 7) is 1.54. The van der Waals surface area contributed by atoms with Crippen LogP contribution in [0.4, 0.5) is 0 Å². The van der Waals surface area contributed by atoms with E-state index >= 15 is 0 Å². The monoisotopic (exact) mass is 123 g/mol. The Bertz CT molecular complexity index is 179. The molecule has 0 saturated carbocycles. The molecule has 1 heterocycles. The Morgan fingerprint density at radius 1 is 1.67 bits per heavy atom. The smallest absolute Gasteiger partial charge is 0.177 e. The van der Waals surface area contributed by atoms with E-state index < -0.39 is 0 Å². The van der Waals surface area contributed by atoms with E-state index in [0.29, 0.717) is 5.70 Å². The van der Waals surface area contributed by atoms with Gasteiger partial charge in [-0.1, -0.05) is 6.08 Å². The Morgan fingerprint density at radius 2 is 2.44 bits per heavy atom. The molecule has 0 aromatic heterocycles. The van der Waals surface area contributed by atoms with Crippen LogP contribution >= 0.6 is 0 Å². The lowest BCUT2D eigenvalue weighted by Crippen LogP contribution is -1.97. The molecule has 1 rings (SSSR count). The SMILES string of the molecule is CC(=O)C1=CCCC=N1. The minimum atomic E-state index is 0.0611. The van der Waals surface area contributed by atoms with Crippen LogP contribution in [0.2, 0.25) is 0 Å². The number of nitrogens with zero attached hydrogens (tertiary/aromatic N) is 1. The molecule has 0 N–H and O–H groups in total. The quantitative estimate of drug-likeness (QED) is 0.517. The van der Waals surface area contributed by atoms with Crippen molar-refractivity contribution in [1.29, 1.82) is 0 Å². The van der Waals surface area contributed by atoms with Crippen LogP contribution in [0, 0.1) is 0 Å². The normalized spacial score (nSPS) is 17.2. The summed E-state index contributed by atoms with van der Waals surface area (Å²) in [4.78, 5) is 14.5. The summed E-state index contributed by atoms with van der Waals surface area (Å²) in [5, 5.41) is 0. The first-order chi connectivity index (χ1) is 4.30. The van der Waals surface area contributed by atoms with Crippen molar-refractivity contribution in [2.75, 3.05) is 0 Å². The van der Waals surface area contributed by atoms with Crippen LogP contribution in [0.15, 0.2) is 16.8 Å². The number of rotatable bonds is 1. The Hall–Kier alpha value is -0.920. The molecule has 1 aliphatic heterocycles. The van der Waals surface area contributed by atoms with Crippen molar-refractivity contribution in [2.24, 2.45) is 4.99 Å². The number of hydrogen-bond donors (Lipinski definition) is 0. The molecule has 48 valence electrons. The second-order valence-electron chi connectivity index (χ2n) is 2.03. The van der Waals surface area contributed by atoms with Gasteiger partial charge in [-0.25, -0.2) is 0 Å². The molecule has 0 aromatic carbocycles. The van der Waals surface area contributed by atoms with E-state index in [2.05, 4.69) is 4.99 Å². The van der Waals surface area contributed by atoms with Gasteiger partial charge >= 0.3 is 0 Å². The molecule has 0 atom stereocenters. The number of carbonyl (C=O) groups excluding carboxylic acids is 1. The summed E-state index contributed by atoms with van der Waals surface area (Å²) in [5.74, 6) is 0.0611. The van der Waals surface area contributed by atoms with Gasteiger partial charge in [0.1, 0.15) is 5.70 Å². The van der Waals surface area contributed by atoms with Gasteiger partial charge in [-0.15, -0.1) is 0 Å². The zero-order chi connectivity index (χ0) is 6.69. The molecule has 1 aliphatic rings. The second-order valence-corrected chi connectivity index (χ2v) is 2.03. The number of carbonyl (C=O) groups is 1. The maximum atomic E-state index is 10.6. The molecule has 0 aromatic rings. The van der Waals surface area contributed by atoms with E-state index in [1.54, 1.807) is 6.21 Å². The summed E-state index contributed by atoms with van der Waals surface area (Å²) in [5.41, 5.74) is 0.612. The van der Waals surface area contributed by atoms with Crippen LogP contribution in [0.25, 0.3) is 0 Å². The van der Waals surface area contributed by atoms with Crippen molar-refractivity contribution < 1.29 is 4.79 Å². The Balaban J connectivity index is 2.69. The van der Waals surface area contributed by atoms with Gasteiger partial charge in [0.15, 0.2) is 5.78 Å². The van der Waals surface area contributed by atoms with Gasteiger partial charge in [0.05, 0.1) is 0 Å². The summed E-state index contributed by atoms with van der Waals surface area (Å²) in [7, 11) is 0. The first-order valence-electron chi connectivity index (χ1n) is 3.04. The number of hydrogen-bond acceptors (Lipinski definition) is 2. The molecule has 0 unspecified atom stereocenters. The lowest BCUT2D eigenvalue weighted by atomic mass is 10.2. The van der Waals surface area contributed by atoms with Gasteiger partial charge in [0.2, 0.25) is 0 Å². The molecule has 2 nitrogen and oxygen atoms in total. The highest BCUT2D eigenvalue weighted by Crippen LogP contribution is 2.06. The van der Waals surface area contributed by atoms with Crippen molar-refractivity contribution in [3.05, 3.63) is 11.8 Å². The van der Waals surface area contributed by atoms with E-state index in [4.69, 9.17) is 0 Å². The third-order valence-corrected chi connectivity index (χ3v) is 1.22.